The van der Waals surface area contributed by atoms with Gasteiger partial charge in [-0.25, -0.2) is 0 Å². The number of para-hydroxylation sites is 1. The Morgan fingerprint density at radius 1 is 1.21 bits per heavy atom. The van der Waals surface area contributed by atoms with Crippen LogP contribution in [0, 0.1) is 0 Å². The van der Waals surface area contributed by atoms with Crippen molar-refractivity contribution in [1.29, 1.82) is 0 Å². The molecule has 2 saturated heterocycles. The van der Waals surface area contributed by atoms with E-state index in [1.165, 1.54) is 12.8 Å². The molecule has 102 valence electrons. The zero-order chi connectivity index (χ0) is 13.1. The van der Waals surface area contributed by atoms with Crippen LogP contribution in [0.3, 0.4) is 0 Å². The second-order valence-electron chi connectivity index (χ2n) is 5.37. The normalized spacial score (nSPS) is 26.0. The van der Waals surface area contributed by atoms with Gasteiger partial charge < -0.3 is 15.0 Å². The number of nitrogens with one attached hydrogen (secondary N) is 1. The maximum atomic E-state index is 12.2. The Morgan fingerprint density at radius 3 is 2.84 bits per heavy atom. The van der Waals surface area contributed by atoms with Gasteiger partial charge in [-0.05, 0) is 31.4 Å². The van der Waals surface area contributed by atoms with E-state index in [4.69, 9.17) is 4.74 Å². The van der Waals surface area contributed by atoms with E-state index in [1.54, 1.807) is 0 Å². The van der Waals surface area contributed by atoms with Crippen molar-refractivity contribution in [3.63, 3.8) is 0 Å². The highest BCUT2D eigenvalue weighted by atomic mass is 16.5. The lowest BCUT2D eigenvalue weighted by atomic mass is 10.1. The lowest BCUT2D eigenvalue weighted by Gasteiger charge is -2.24. The zero-order valence-corrected chi connectivity index (χ0v) is 11.0. The van der Waals surface area contributed by atoms with Crippen molar-refractivity contribution in [2.24, 2.45) is 0 Å². The lowest BCUT2D eigenvalue weighted by molar-refractivity contribution is -0.133. The molecule has 1 N–H and O–H groups in total. The fourth-order valence-electron chi connectivity index (χ4n) is 2.92. The first kappa shape index (κ1) is 12.5. The predicted molar refractivity (Wildman–Crippen MR) is 73.1 cm³/mol. The SMILES string of the molecule is O=C(COc1ccccc1)N1CCC2CCC(C1)N2. The fourth-order valence-corrected chi connectivity index (χ4v) is 2.92. The van der Waals surface area contributed by atoms with Gasteiger partial charge >= 0.3 is 0 Å². The minimum Gasteiger partial charge on any atom is -0.484 e. The Kier molecular flexibility index (Phi) is 3.69. The van der Waals surface area contributed by atoms with Crippen LogP contribution in [-0.4, -0.2) is 42.6 Å². The van der Waals surface area contributed by atoms with E-state index in [0.29, 0.717) is 12.1 Å². The van der Waals surface area contributed by atoms with E-state index < -0.39 is 0 Å². The van der Waals surface area contributed by atoms with Gasteiger partial charge in [-0.1, -0.05) is 18.2 Å². The maximum Gasteiger partial charge on any atom is 0.260 e. The summed E-state index contributed by atoms with van der Waals surface area (Å²) < 4.78 is 5.53. The largest absolute Gasteiger partial charge is 0.484 e. The van der Waals surface area contributed by atoms with Crippen LogP contribution in [0.1, 0.15) is 19.3 Å². The third-order valence-corrected chi connectivity index (χ3v) is 3.98. The second kappa shape index (κ2) is 5.61. The molecule has 2 aliphatic heterocycles. The molecule has 4 nitrogen and oxygen atoms in total. The summed E-state index contributed by atoms with van der Waals surface area (Å²) in [5.74, 6) is 0.850. The maximum absolute atomic E-state index is 12.2. The number of hydrogen-bond donors (Lipinski definition) is 1. The Balaban J connectivity index is 1.52. The van der Waals surface area contributed by atoms with E-state index >= 15 is 0 Å². The summed E-state index contributed by atoms with van der Waals surface area (Å²) in [5.41, 5.74) is 0. The van der Waals surface area contributed by atoms with E-state index in [2.05, 4.69) is 5.32 Å². The molecule has 2 heterocycles. The number of nitrogens with zero attached hydrogens (tertiary/aromatic N) is 1. The summed E-state index contributed by atoms with van der Waals surface area (Å²) in [6.07, 6.45) is 3.51. The molecule has 2 atom stereocenters. The van der Waals surface area contributed by atoms with Crippen molar-refractivity contribution < 1.29 is 9.53 Å². The van der Waals surface area contributed by atoms with Crippen LogP contribution in [-0.2, 0) is 4.79 Å². The van der Waals surface area contributed by atoms with Crippen LogP contribution in [0.15, 0.2) is 30.3 Å². The molecule has 2 fully saturated rings. The average molecular weight is 260 g/mol. The molecule has 0 aliphatic carbocycles. The molecule has 1 aromatic rings. The van der Waals surface area contributed by atoms with Gasteiger partial charge in [-0.3, -0.25) is 4.79 Å². The molecule has 0 radical (unpaired) electrons. The van der Waals surface area contributed by atoms with Crippen molar-refractivity contribution >= 4 is 5.91 Å². The highest BCUT2D eigenvalue weighted by molar-refractivity contribution is 5.77. The first-order valence-electron chi connectivity index (χ1n) is 7.03. The topological polar surface area (TPSA) is 41.6 Å². The molecule has 1 amide bonds. The van der Waals surface area contributed by atoms with Gasteiger partial charge in [0.15, 0.2) is 6.61 Å². The summed E-state index contributed by atoms with van der Waals surface area (Å²) in [4.78, 5) is 14.1. The molecule has 19 heavy (non-hydrogen) atoms. The number of fused-ring (bicyclic) bond motifs is 2. The Bertz CT molecular complexity index is 435. The van der Waals surface area contributed by atoms with E-state index in [-0.39, 0.29) is 12.5 Å². The van der Waals surface area contributed by atoms with Gasteiger partial charge in [0, 0.05) is 25.2 Å². The summed E-state index contributed by atoms with van der Waals surface area (Å²) in [5, 5.41) is 3.58. The van der Waals surface area contributed by atoms with Gasteiger partial charge in [0.25, 0.3) is 5.91 Å². The number of amides is 1. The van der Waals surface area contributed by atoms with Gasteiger partial charge in [0.05, 0.1) is 0 Å². The molecule has 2 aliphatic rings. The number of hydrogen-bond acceptors (Lipinski definition) is 3. The summed E-state index contributed by atoms with van der Waals surface area (Å²) in [7, 11) is 0. The van der Waals surface area contributed by atoms with Crippen LogP contribution < -0.4 is 10.1 Å². The molecular formula is C15H20N2O2. The van der Waals surface area contributed by atoms with Crippen LogP contribution in [0.2, 0.25) is 0 Å². The predicted octanol–water partition coefficient (Wildman–Crippen LogP) is 1.42. The molecule has 0 spiro atoms. The quantitative estimate of drug-likeness (QED) is 0.893. The molecule has 0 saturated carbocycles. The highest BCUT2D eigenvalue weighted by Crippen LogP contribution is 2.20. The number of ether oxygens (including phenoxy) is 1. The second-order valence-corrected chi connectivity index (χ2v) is 5.37. The van der Waals surface area contributed by atoms with E-state index in [0.717, 1.165) is 25.3 Å². The van der Waals surface area contributed by atoms with Crippen molar-refractivity contribution in [1.82, 2.24) is 10.2 Å². The van der Waals surface area contributed by atoms with Gasteiger partial charge in [0.2, 0.25) is 0 Å². The third kappa shape index (κ3) is 3.07. The van der Waals surface area contributed by atoms with Crippen molar-refractivity contribution in [3.05, 3.63) is 30.3 Å². The standard InChI is InChI=1S/C15H20N2O2/c18-15(11-19-14-4-2-1-3-5-14)17-9-8-12-6-7-13(10-17)16-12/h1-5,12-13,16H,6-11H2. The Hall–Kier alpha value is -1.55. The molecule has 3 rings (SSSR count). The lowest BCUT2D eigenvalue weighted by Crippen LogP contribution is -2.41. The van der Waals surface area contributed by atoms with Crippen LogP contribution in [0.4, 0.5) is 0 Å². The number of likely N-dealkylation sites (tertiary alicyclic amines) is 1. The number of rotatable bonds is 3. The number of benzene rings is 1. The average Bonchev–Trinajstić information content (AvgIpc) is 2.77. The van der Waals surface area contributed by atoms with E-state index in [9.17, 15) is 4.79 Å². The van der Waals surface area contributed by atoms with E-state index in [1.807, 2.05) is 35.2 Å². The smallest absolute Gasteiger partial charge is 0.260 e. The molecule has 4 heteroatoms. The van der Waals surface area contributed by atoms with Crippen molar-refractivity contribution in [3.8, 4) is 5.75 Å². The van der Waals surface area contributed by atoms with Crippen LogP contribution in [0.25, 0.3) is 0 Å². The van der Waals surface area contributed by atoms with Crippen LogP contribution >= 0.6 is 0 Å². The Morgan fingerprint density at radius 2 is 2.00 bits per heavy atom. The molecule has 2 unspecified atom stereocenters. The van der Waals surface area contributed by atoms with Crippen LogP contribution in [0.5, 0.6) is 5.75 Å². The first-order chi connectivity index (χ1) is 9.31. The zero-order valence-electron chi connectivity index (χ0n) is 11.0. The number of carbonyl (C=O) groups excluding carboxylic acids is 1. The number of carbonyl (C=O) groups is 1. The molecule has 0 aromatic heterocycles. The van der Waals surface area contributed by atoms with Crippen molar-refractivity contribution in [2.45, 2.75) is 31.3 Å². The van der Waals surface area contributed by atoms with Gasteiger partial charge in [0.1, 0.15) is 5.75 Å². The Labute approximate surface area is 113 Å². The minimum atomic E-state index is 0.0956. The minimum absolute atomic E-state index is 0.0956. The van der Waals surface area contributed by atoms with Crippen molar-refractivity contribution in [2.75, 3.05) is 19.7 Å². The van der Waals surface area contributed by atoms with Gasteiger partial charge in [-0.2, -0.15) is 0 Å². The summed E-state index contributed by atoms with van der Waals surface area (Å²) >= 11 is 0. The molecular weight excluding hydrogens is 240 g/mol. The fraction of sp³-hybridized carbons (Fsp3) is 0.533. The highest BCUT2D eigenvalue weighted by Gasteiger charge is 2.31. The van der Waals surface area contributed by atoms with Gasteiger partial charge in [-0.15, -0.1) is 0 Å². The monoisotopic (exact) mass is 260 g/mol. The third-order valence-electron chi connectivity index (χ3n) is 3.98. The molecule has 2 bridgehead atoms. The summed E-state index contributed by atoms with van der Waals surface area (Å²) in [6, 6.07) is 10.6. The summed E-state index contributed by atoms with van der Waals surface area (Å²) in [6.45, 7) is 1.82. The molecule has 1 aromatic carbocycles. The first-order valence-corrected chi connectivity index (χ1v) is 7.03.